The molecule has 1 aromatic heterocycles. The van der Waals surface area contributed by atoms with Gasteiger partial charge in [0.15, 0.2) is 0 Å². The molecule has 0 saturated heterocycles. The van der Waals surface area contributed by atoms with Crippen LogP contribution in [0.4, 0.5) is 5.82 Å². The Bertz CT molecular complexity index is 569. The molecule has 1 heterocycles. The number of benzene rings is 1. The van der Waals surface area contributed by atoms with Crippen LogP contribution in [0.5, 0.6) is 5.75 Å². The highest BCUT2D eigenvalue weighted by Crippen LogP contribution is 2.24. The molecule has 0 aliphatic rings. The Kier molecular flexibility index (Phi) is 3.62. The van der Waals surface area contributed by atoms with Crippen LogP contribution < -0.4 is 5.32 Å². The summed E-state index contributed by atoms with van der Waals surface area (Å²) >= 11 is 0. The normalized spacial score (nSPS) is 10.3. The summed E-state index contributed by atoms with van der Waals surface area (Å²) in [6, 6.07) is 6.85. The molecule has 0 bridgehead atoms. The Hall–Kier alpha value is -2.30. The van der Waals surface area contributed by atoms with E-state index in [2.05, 4.69) is 10.3 Å². The fourth-order valence-electron chi connectivity index (χ4n) is 1.67. The van der Waals surface area contributed by atoms with Crippen LogP contribution in [0.25, 0.3) is 10.8 Å². The number of aromatic hydroxyl groups is 1. The zero-order valence-corrected chi connectivity index (χ0v) is 10.0. The average molecular weight is 246 g/mol. The maximum atomic E-state index is 11.3. The largest absolute Gasteiger partial charge is 0.508 e. The predicted octanol–water partition coefficient (Wildman–Crippen LogP) is 1.92. The van der Waals surface area contributed by atoms with Crippen LogP contribution in [-0.4, -0.2) is 29.2 Å². The minimum atomic E-state index is -0.337. The van der Waals surface area contributed by atoms with E-state index in [0.717, 1.165) is 10.8 Å². The molecule has 94 valence electrons. The highest BCUT2D eigenvalue weighted by molar-refractivity contribution is 5.93. The molecule has 1 aromatic carbocycles. The van der Waals surface area contributed by atoms with Crippen LogP contribution in [0.3, 0.4) is 0 Å². The molecule has 0 aliphatic carbocycles. The van der Waals surface area contributed by atoms with Crippen molar-refractivity contribution in [1.29, 1.82) is 0 Å². The van der Waals surface area contributed by atoms with E-state index in [1.807, 2.05) is 6.07 Å². The molecule has 0 fully saturated rings. The Morgan fingerprint density at radius 1 is 1.44 bits per heavy atom. The second kappa shape index (κ2) is 5.35. The van der Waals surface area contributed by atoms with E-state index in [-0.39, 0.29) is 18.3 Å². The van der Waals surface area contributed by atoms with Crippen LogP contribution in [0.1, 0.15) is 6.92 Å². The summed E-state index contributed by atoms with van der Waals surface area (Å²) in [7, 11) is 0. The average Bonchev–Trinajstić information content (AvgIpc) is 2.36. The van der Waals surface area contributed by atoms with E-state index in [0.29, 0.717) is 12.4 Å². The second-order valence-corrected chi connectivity index (χ2v) is 3.72. The molecule has 2 aromatic rings. The molecule has 0 spiro atoms. The van der Waals surface area contributed by atoms with Crippen LogP contribution in [-0.2, 0) is 9.53 Å². The van der Waals surface area contributed by atoms with Crippen molar-refractivity contribution in [1.82, 2.24) is 4.98 Å². The molecule has 5 heteroatoms. The van der Waals surface area contributed by atoms with Gasteiger partial charge in [-0.15, -0.1) is 0 Å². The van der Waals surface area contributed by atoms with Crippen molar-refractivity contribution in [3.05, 3.63) is 30.5 Å². The van der Waals surface area contributed by atoms with Gasteiger partial charge in [0.05, 0.1) is 6.61 Å². The molecule has 18 heavy (non-hydrogen) atoms. The number of hydrogen-bond acceptors (Lipinski definition) is 5. The third-order valence-corrected chi connectivity index (χ3v) is 2.46. The Balaban J connectivity index is 2.22. The van der Waals surface area contributed by atoms with Crippen LogP contribution >= 0.6 is 0 Å². The number of anilines is 1. The number of carbonyl (C=O) groups excluding carboxylic acids is 1. The van der Waals surface area contributed by atoms with E-state index in [4.69, 9.17) is 4.74 Å². The second-order valence-electron chi connectivity index (χ2n) is 3.72. The van der Waals surface area contributed by atoms with Gasteiger partial charge >= 0.3 is 5.97 Å². The lowest BCUT2D eigenvalue weighted by Crippen LogP contribution is -2.17. The number of nitrogens with one attached hydrogen (secondary N) is 1. The molecule has 2 rings (SSSR count). The molecule has 0 saturated carbocycles. The van der Waals surface area contributed by atoms with Gasteiger partial charge in [0.25, 0.3) is 0 Å². The Morgan fingerprint density at radius 3 is 3.06 bits per heavy atom. The van der Waals surface area contributed by atoms with Crippen molar-refractivity contribution in [3.63, 3.8) is 0 Å². The number of aromatic nitrogens is 1. The van der Waals surface area contributed by atoms with Crippen molar-refractivity contribution < 1.29 is 14.6 Å². The van der Waals surface area contributed by atoms with Gasteiger partial charge in [0, 0.05) is 11.6 Å². The van der Waals surface area contributed by atoms with Gasteiger partial charge in [-0.05, 0) is 30.5 Å². The van der Waals surface area contributed by atoms with Crippen LogP contribution in [0.15, 0.2) is 30.5 Å². The topological polar surface area (TPSA) is 71.5 Å². The third-order valence-electron chi connectivity index (χ3n) is 2.46. The molecule has 2 N–H and O–H groups in total. The summed E-state index contributed by atoms with van der Waals surface area (Å²) in [6.45, 7) is 2.16. The van der Waals surface area contributed by atoms with Crippen LogP contribution in [0, 0.1) is 0 Å². The standard InChI is InChI=1S/C13H14N2O3/c1-2-18-12(17)8-15-13-11-7-10(16)4-3-9(11)5-6-14-13/h3-7,16H,2,8H2,1H3,(H,14,15). The maximum Gasteiger partial charge on any atom is 0.325 e. The molecule has 5 nitrogen and oxygen atoms in total. The van der Waals surface area contributed by atoms with Gasteiger partial charge in [0.1, 0.15) is 18.1 Å². The number of nitrogens with zero attached hydrogens (tertiary/aromatic N) is 1. The summed E-state index contributed by atoms with van der Waals surface area (Å²) in [4.78, 5) is 15.4. The summed E-state index contributed by atoms with van der Waals surface area (Å²) in [5.74, 6) is 0.377. The molecule has 0 aliphatic heterocycles. The SMILES string of the molecule is CCOC(=O)CNc1nccc2ccc(O)cc12. The Labute approximate surface area is 104 Å². The molecule has 0 unspecified atom stereocenters. The first kappa shape index (κ1) is 12.2. The van der Waals surface area contributed by atoms with E-state index < -0.39 is 0 Å². The van der Waals surface area contributed by atoms with Crippen molar-refractivity contribution in [3.8, 4) is 5.75 Å². The number of phenols is 1. The zero-order valence-electron chi connectivity index (χ0n) is 10.0. The van der Waals surface area contributed by atoms with Gasteiger partial charge in [-0.2, -0.15) is 0 Å². The van der Waals surface area contributed by atoms with Crippen molar-refractivity contribution >= 4 is 22.6 Å². The number of hydrogen-bond donors (Lipinski definition) is 2. The van der Waals surface area contributed by atoms with Crippen molar-refractivity contribution in [2.24, 2.45) is 0 Å². The van der Waals surface area contributed by atoms with E-state index in [1.54, 1.807) is 31.3 Å². The summed E-state index contributed by atoms with van der Waals surface area (Å²) in [5, 5.41) is 14.1. The smallest absolute Gasteiger partial charge is 0.325 e. The molecule has 0 amide bonds. The number of rotatable bonds is 4. The number of esters is 1. The van der Waals surface area contributed by atoms with Gasteiger partial charge < -0.3 is 15.2 Å². The number of fused-ring (bicyclic) bond motifs is 1. The monoisotopic (exact) mass is 246 g/mol. The lowest BCUT2D eigenvalue weighted by molar-refractivity contribution is -0.140. The number of carbonyl (C=O) groups is 1. The lowest BCUT2D eigenvalue weighted by Gasteiger charge is -2.08. The minimum Gasteiger partial charge on any atom is -0.508 e. The molecule has 0 atom stereocenters. The third kappa shape index (κ3) is 2.68. The lowest BCUT2D eigenvalue weighted by atomic mass is 10.1. The van der Waals surface area contributed by atoms with E-state index in [9.17, 15) is 9.90 Å². The number of phenolic OH excluding ortho intramolecular Hbond substituents is 1. The first-order valence-corrected chi connectivity index (χ1v) is 5.68. The zero-order chi connectivity index (χ0) is 13.0. The summed E-state index contributed by atoms with van der Waals surface area (Å²) < 4.78 is 4.82. The van der Waals surface area contributed by atoms with Crippen molar-refractivity contribution in [2.75, 3.05) is 18.5 Å². The predicted molar refractivity (Wildman–Crippen MR) is 68.5 cm³/mol. The first-order valence-electron chi connectivity index (χ1n) is 5.68. The van der Waals surface area contributed by atoms with E-state index >= 15 is 0 Å². The highest BCUT2D eigenvalue weighted by atomic mass is 16.5. The van der Waals surface area contributed by atoms with E-state index in [1.165, 1.54) is 0 Å². The summed E-state index contributed by atoms with van der Waals surface area (Å²) in [5.41, 5.74) is 0. The van der Waals surface area contributed by atoms with Crippen LogP contribution in [0.2, 0.25) is 0 Å². The van der Waals surface area contributed by atoms with Gasteiger partial charge in [0.2, 0.25) is 0 Å². The fraction of sp³-hybridized carbons (Fsp3) is 0.231. The number of pyridine rings is 1. The fourth-order valence-corrected chi connectivity index (χ4v) is 1.67. The van der Waals surface area contributed by atoms with Gasteiger partial charge in [-0.3, -0.25) is 4.79 Å². The molecule has 0 radical (unpaired) electrons. The minimum absolute atomic E-state index is 0.0512. The molecular formula is C13H14N2O3. The number of ether oxygens (including phenoxy) is 1. The van der Waals surface area contributed by atoms with Gasteiger partial charge in [-0.25, -0.2) is 4.98 Å². The Morgan fingerprint density at radius 2 is 2.28 bits per heavy atom. The highest BCUT2D eigenvalue weighted by Gasteiger charge is 2.06. The quantitative estimate of drug-likeness (QED) is 0.806. The molecular weight excluding hydrogens is 232 g/mol. The summed E-state index contributed by atoms with van der Waals surface area (Å²) in [6.07, 6.45) is 1.65. The first-order chi connectivity index (χ1) is 8.70. The maximum absolute atomic E-state index is 11.3. The van der Waals surface area contributed by atoms with Gasteiger partial charge in [-0.1, -0.05) is 6.07 Å². The van der Waals surface area contributed by atoms with Crippen molar-refractivity contribution in [2.45, 2.75) is 6.92 Å².